The van der Waals surface area contributed by atoms with E-state index >= 15 is 0 Å². The van der Waals surface area contributed by atoms with Crippen molar-refractivity contribution < 1.29 is 9.15 Å². The molecule has 0 radical (unpaired) electrons. The average Bonchev–Trinajstić information content (AvgIpc) is 2.79. The van der Waals surface area contributed by atoms with Crippen molar-refractivity contribution in [1.29, 1.82) is 0 Å². The van der Waals surface area contributed by atoms with Crippen LogP contribution in [-0.2, 0) is 6.61 Å². The van der Waals surface area contributed by atoms with Crippen LogP contribution in [0.15, 0.2) is 52.9 Å². The van der Waals surface area contributed by atoms with Gasteiger partial charge in [-0.1, -0.05) is 35.4 Å². The minimum Gasteiger partial charge on any atom is -0.484 e. The molecule has 0 unspecified atom stereocenters. The van der Waals surface area contributed by atoms with Crippen LogP contribution in [0.2, 0.25) is 5.02 Å². The van der Waals surface area contributed by atoms with Crippen molar-refractivity contribution in [3.8, 4) is 5.75 Å². The smallest absolute Gasteiger partial charge is 0.146 e. The third kappa shape index (κ3) is 2.59. The lowest BCUT2D eigenvalue weighted by atomic mass is 10.2. The highest BCUT2D eigenvalue weighted by Gasteiger charge is 2.06. The van der Waals surface area contributed by atoms with E-state index in [1.165, 1.54) is 5.56 Å². The van der Waals surface area contributed by atoms with Crippen LogP contribution in [0.1, 0.15) is 11.3 Å². The number of rotatable bonds is 3. The van der Waals surface area contributed by atoms with Crippen molar-refractivity contribution in [2.75, 3.05) is 0 Å². The van der Waals surface area contributed by atoms with E-state index in [1.54, 1.807) is 6.07 Å². The maximum absolute atomic E-state index is 6.03. The van der Waals surface area contributed by atoms with Crippen LogP contribution >= 0.6 is 11.6 Å². The first-order chi connectivity index (χ1) is 9.22. The molecule has 0 spiro atoms. The van der Waals surface area contributed by atoms with E-state index in [4.69, 9.17) is 20.8 Å². The minimum absolute atomic E-state index is 0.372. The monoisotopic (exact) mass is 272 g/mol. The Hall–Kier alpha value is -1.93. The molecular formula is C16H13ClO2. The molecule has 0 saturated heterocycles. The first kappa shape index (κ1) is 12.1. The number of hydrogen-bond donors (Lipinski definition) is 0. The molecule has 19 heavy (non-hydrogen) atoms. The zero-order valence-corrected chi connectivity index (χ0v) is 11.3. The molecule has 0 fully saturated rings. The quantitative estimate of drug-likeness (QED) is 0.671. The van der Waals surface area contributed by atoms with Gasteiger partial charge in [0.15, 0.2) is 0 Å². The summed E-state index contributed by atoms with van der Waals surface area (Å²) in [7, 11) is 0. The summed E-state index contributed by atoms with van der Waals surface area (Å²) in [5, 5.41) is 1.70. The number of benzene rings is 2. The number of hydrogen-bond acceptors (Lipinski definition) is 2. The third-order valence-electron chi connectivity index (χ3n) is 2.93. The van der Waals surface area contributed by atoms with Gasteiger partial charge in [-0.05, 0) is 37.3 Å². The fraction of sp³-hybridized carbons (Fsp3) is 0.125. The molecule has 0 N–H and O–H groups in total. The molecule has 3 aromatic rings. The second kappa shape index (κ2) is 4.98. The van der Waals surface area contributed by atoms with Gasteiger partial charge in [0.1, 0.15) is 23.7 Å². The van der Waals surface area contributed by atoms with Gasteiger partial charge < -0.3 is 9.15 Å². The molecule has 3 heteroatoms. The summed E-state index contributed by atoms with van der Waals surface area (Å²) >= 11 is 6.03. The summed E-state index contributed by atoms with van der Waals surface area (Å²) in [6, 6.07) is 15.5. The second-order valence-corrected chi connectivity index (χ2v) is 4.88. The molecule has 0 bridgehead atoms. The second-order valence-electron chi connectivity index (χ2n) is 4.47. The van der Waals surface area contributed by atoms with Gasteiger partial charge in [0.2, 0.25) is 0 Å². The molecule has 3 rings (SSSR count). The van der Waals surface area contributed by atoms with Gasteiger partial charge in [-0.3, -0.25) is 0 Å². The predicted octanol–water partition coefficient (Wildman–Crippen LogP) is 4.97. The van der Waals surface area contributed by atoms with Gasteiger partial charge in [-0.2, -0.15) is 0 Å². The summed E-state index contributed by atoms with van der Waals surface area (Å²) in [6.45, 7) is 2.43. The maximum Gasteiger partial charge on any atom is 0.146 e. The fourth-order valence-electron chi connectivity index (χ4n) is 2.00. The first-order valence-electron chi connectivity index (χ1n) is 6.09. The number of fused-ring (bicyclic) bond motifs is 1. The maximum atomic E-state index is 6.03. The number of para-hydroxylation sites is 1. The third-order valence-corrected chi connectivity index (χ3v) is 3.24. The van der Waals surface area contributed by atoms with Crippen LogP contribution in [0.3, 0.4) is 0 Å². The molecule has 1 heterocycles. The average molecular weight is 273 g/mol. The van der Waals surface area contributed by atoms with Crippen LogP contribution < -0.4 is 4.74 Å². The molecule has 0 aliphatic heterocycles. The number of halogens is 1. The first-order valence-corrected chi connectivity index (χ1v) is 6.46. The van der Waals surface area contributed by atoms with E-state index in [0.717, 1.165) is 16.7 Å². The number of furan rings is 1. The Morgan fingerprint density at radius 2 is 1.95 bits per heavy atom. The van der Waals surface area contributed by atoms with E-state index in [1.807, 2.05) is 36.4 Å². The molecular weight excluding hydrogens is 260 g/mol. The Balaban J connectivity index is 1.80. The van der Waals surface area contributed by atoms with Crippen LogP contribution in [0.5, 0.6) is 5.75 Å². The van der Waals surface area contributed by atoms with E-state index in [0.29, 0.717) is 17.4 Å². The summed E-state index contributed by atoms with van der Waals surface area (Å²) in [5.41, 5.74) is 2.09. The molecule has 0 saturated carbocycles. The van der Waals surface area contributed by atoms with Crippen LogP contribution in [0.25, 0.3) is 11.0 Å². The molecule has 0 aliphatic rings. The van der Waals surface area contributed by atoms with Gasteiger partial charge in [-0.15, -0.1) is 0 Å². The van der Waals surface area contributed by atoms with Crippen molar-refractivity contribution >= 4 is 22.6 Å². The normalized spacial score (nSPS) is 10.8. The number of ether oxygens (including phenoxy) is 1. The van der Waals surface area contributed by atoms with Crippen LogP contribution in [-0.4, -0.2) is 0 Å². The van der Waals surface area contributed by atoms with Crippen LogP contribution in [0, 0.1) is 6.92 Å². The lowest BCUT2D eigenvalue weighted by Gasteiger charge is -2.05. The van der Waals surface area contributed by atoms with Crippen molar-refractivity contribution in [1.82, 2.24) is 0 Å². The van der Waals surface area contributed by atoms with Gasteiger partial charge in [-0.25, -0.2) is 0 Å². The van der Waals surface area contributed by atoms with Gasteiger partial charge >= 0.3 is 0 Å². The van der Waals surface area contributed by atoms with E-state index in [2.05, 4.69) is 13.0 Å². The lowest BCUT2D eigenvalue weighted by molar-refractivity contribution is 0.274. The van der Waals surface area contributed by atoms with E-state index in [9.17, 15) is 0 Å². The topological polar surface area (TPSA) is 22.4 Å². The van der Waals surface area contributed by atoms with Crippen molar-refractivity contribution in [2.45, 2.75) is 13.5 Å². The van der Waals surface area contributed by atoms with Crippen molar-refractivity contribution in [3.63, 3.8) is 0 Å². The Kier molecular flexibility index (Phi) is 3.18. The molecule has 1 aromatic heterocycles. The van der Waals surface area contributed by atoms with E-state index in [-0.39, 0.29) is 0 Å². The number of aryl methyl sites for hydroxylation is 1. The van der Waals surface area contributed by atoms with E-state index < -0.39 is 0 Å². The Labute approximate surface area is 116 Å². The molecule has 0 atom stereocenters. The van der Waals surface area contributed by atoms with Gasteiger partial charge in [0.05, 0.1) is 5.02 Å². The summed E-state index contributed by atoms with van der Waals surface area (Å²) in [5.74, 6) is 1.46. The molecule has 96 valence electrons. The zero-order chi connectivity index (χ0) is 13.2. The molecule has 2 aromatic carbocycles. The lowest BCUT2D eigenvalue weighted by Crippen LogP contribution is -1.93. The Morgan fingerprint density at radius 1 is 1.11 bits per heavy atom. The minimum atomic E-state index is 0.372. The van der Waals surface area contributed by atoms with Crippen molar-refractivity contribution in [2.24, 2.45) is 0 Å². The highest BCUT2D eigenvalue weighted by Crippen LogP contribution is 2.26. The highest BCUT2D eigenvalue weighted by molar-refractivity contribution is 6.32. The fourth-order valence-corrected chi connectivity index (χ4v) is 2.19. The highest BCUT2D eigenvalue weighted by atomic mass is 35.5. The SMILES string of the molecule is Cc1ccc2oc(COc3ccccc3Cl)cc2c1. The Bertz CT molecular complexity index is 716. The van der Waals surface area contributed by atoms with Gasteiger partial charge in [0.25, 0.3) is 0 Å². The van der Waals surface area contributed by atoms with Crippen LogP contribution in [0.4, 0.5) is 0 Å². The largest absolute Gasteiger partial charge is 0.484 e. The summed E-state index contributed by atoms with van der Waals surface area (Å²) < 4.78 is 11.4. The zero-order valence-electron chi connectivity index (χ0n) is 10.5. The van der Waals surface area contributed by atoms with Gasteiger partial charge in [0, 0.05) is 5.39 Å². The summed E-state index contributed by atoms with van der Waals surface area (Å²) in [6.07, 6.45) is 0. The predicted molar refractivity (Wildman–Crippen MR) is 76.7 cm³/mol. The summed E-state index contributed by atoms with van der Waals surface area (Å²) in [4.78, 5) is 0. The molecule has 2 nitrogen and oxygen atoms in total. The Morgan fingerprint density at radius 3 is 2.79 bits per heavy atom. The van der Waals surface area contributed by atoms with Crippen molar-refractivity contribution in [3.05, 3.63) is 64.9 Å². The molecule has 0 amide bonds. The molecule has 0 aliphatic carbocycles. The standard InChI is InChI=1S/C16H13ClO2/c1-11-6-7-15-12(8-11)9-13(19-15)10-18-16-5-3-2-4-14(16)17/h2-9H,10H2,1H3.